The van der Waals surface area contributed by atoms with Crippen LogP contribution in [-0.4, -0.2) is 20.9 Å². The Hall–Kier alpha value is -1.83. The molecule has 0 bridgehead atoms. The third-order valence-electron chi connectivity index (χ3n) is 2.90. The van der Waals surface area contributed by atoms with Crippen molar-refractivity contribution in [1.29, 1.82) is 0 Å². The van der Waals surface area contributed by atoms with E-state index in [1.165, 1.54) is 24.5 Å². The summed E-state index contributed by atoms with van der Waals surface area (Å²) in [6, 6.07) is 7.75. The number of rotatable bonds is 6. The molecule has 118 valence electrons. The molecule has 0 atom stereocenters. The quantitative estimate of drug-likeness (QED) is 0.838. The molecule has 1 aromatic carbocycles. The summed E-state index contributed by atoms with van der Waals surface area (Å²) in [5, 5.41) is 3.03. The number of benzene rings is 1. The third-order valence-corrected chi connectivity index (χ3v) is 4.73. The van der Waals surface area contributed by atoms with Gasteiger partial charge in [0.05, 0.1) is 24.2 Å². The van der Waals surface area contributed by atoms with Crippen LogP contribution >= 0.6 is 11.6 Å². The summed E-state index contributed by atoms with van der Waals surface area (Å²) in [4.78, 5) is 11.7. The number of hydrogen-bond acceptors (Lipinski definition) is 4. The molecule has 0 spiro atoms. The fraction of sp³-hybridized carbons (Fsp3) is 0.214. The van der Waals surface area contributed by atoms with Gasteiger partial charge < -0.3 is 9.73 Å². The number of sulfonamides is 1. The van der Waals surface area contributed by atoms with E-state index in [4.69, 9.17) is 16.0 Å². The molecule has 2 aromatic rings. The molecule has 8 heteroatoms. The van der Waals surface area contributed by atoms with Crippen LogP contribution in [0.25, 0.3) is 0 Å². The van der Waals surface area contributed by atoms with Crippen molar-refractivity contribution in [2.45, 2.75) is 18.4 Å². The van der Waals surface area contributed by atoms with Crippen molar-refractivity contribution in [2.24, 2.45) is 0 Å². The van der Waals surface area contributed by atoms with Gasteiger partial charge in [-0.1, -0.05) is 11.6 Å². The van der Waals surface area contributed by atoms with Crippen LogP contribution in [0.3, 0.4) is 0 Å². The number of halogens is 1. The molecular weight excluding hydrogens is 328 g/mol. The maximum atomic E-state index is 12.1. The number of carbonyl (C=O) groups is 1. The largest absolute Gasteiger partial charge is 0.467 e. The lowest BCUT2D eigenvalue weighted by molar-refractivity contribution is -0.120. The summed E-state index contributed by atoms with van der Waals surface area (Å²) in [5.41, 5.74) is 0.645. The fourth-order valence-corrected chi connectivity index (χ4v) is 2.87. The van der Waals surface area contributed by atoms with E-state index in [0.29, 0.717) is 16.3 Å². The van der Waals surface area contributed by atoms with Crippen molar-refractivity contribution in [3.8, 4) is 0 Å². The first-order chi connectivity index (χ1) is 10.4. The Balaban J connectivity index is 1.91. The van der Waals surface area contributed by atoms with E-state index in [1.807, 2.05) is 0 Å². The molecule has 0 aliphatic heterocycles. The van der Waals surface area contributed by atoms with Crippen LogP contribution in [0.5, 0.6) is 0 Å². The summed E-state index contributed by atoms with van der Waals surface area (Å²) in [7, 11) is -3.76. The monoisotopic (exact) mass is 342 g/mol. The molecule has 1 heterocycles. The van der Waals surface area contributed by atoms with Crippen LogP contribution in [0.1, 0.15) is 11.3 Å². The van der Waals surface area contributed by atoms with Gasteiger partial charge in [-0.25, -0.2) is 13.1 Å². The van der Waals surface area contributed by atoms with Gasteiger partial charge in [-0.3, -0.25) is 4.79 Å². The molecule has 2 N–H and O–H groups in total. The average Bonchev–Trinajstić information content (AvgIpc) is 2.99. The first-order valence-electron chi connectivity index (χ1n) is 6.43. The Kier molecular flexibility index (Phi) is 5.23. The lowest BCUT2D eigenvalue weighted by atomic mass is 10.2. The highest BCUT2D eigenvalue weighted by Gasteiger charge is 2.16. The number of hydrogen-bond donors (Lipinski definition) is 2. The van der Waals surface area contributed by atoms with Gasteiger partial charge in [0, 0.05) is 5.02 Å². The molecule has 0 aliphatic rings. The molecule has 2 rings (SSSR count). The number of carbonyl (C=O) groups excluding carboxylic acids is 1. The second-order valence-corrected chi connectivity index (χ2v) is 6.77. The van der Waals surface area contributed by atoms with Crippen molar-refractivity contribution in [1.82, 2.24) is 10.0 Å². The first-order valence-corrected chi connectivity index (χ1v) is 8.29. The second kappa shape index (κ2) is 6.95. The number of furan rings is 1. The predicted octanol–water partition coefficient (Wildman–Crippen LogP) is 1.84. The molecule has 22 heavy (non-hydrogen) atoms. The molecule has 6 nitrogen and oxygen atoms in total. The highest BCUT2D eigenvalue weighted by atomic mass is 35.5. The molecule has 0 fully saturated rings. The van der Waals surface area contributed by atoms with Crippen LogP contribution in [0.15, 0.2) is 45.9 Å². The van der Waals surface area contributed by atoms with Gasteiger partial charge in [-0.2, -0.15) is 0 Å². The number of nitrogens with one attached hydrogen (secondary N) is 2. The van der Waals surface area contributed by atoms with Gasteiger partial charge in [-0.15, -0.1) is 0 Å². The molecule has 0 saturated carbocycles. The minimum atomic E-state index is -3.76. The Morgan fingerprint density at radius 3 is 2.73 bits per heavy atom. The van der Waals surface area contributed by atoms with E-state index in [9.17, 15) is 13.2 Å². The standard InChI is InChI=1S/C14H15ClN2O4S/c1-10-7-12(4-5-13(10)15)22(19,20)17-9-14(18)16-8-11-3-2-6-21-11/h2-7,17H,8-9H2,1H3,(H,16,18). The van der Waals surface area contributed by atoms with Crippen LogP contribution < -0.4 is 10.0 Å². The zero-order valence-electron chi connectivity index (χ0n) is 11.8. The van der Waals surface area contributed by atoms with Gasteiger partial charge in [-0.05, 0) is 42.8 Å². The van der Waals surface area contributed by atoms with Crippen molar-refractivity contribution < 1.29 is 17.6 Å². The molecule has 0 aliphatic carbocycles. The van der Waals surface area contributed by atoms with Crippen molar-refractivity contribution in [2.75, 3.05) is 6.54 Å². The van der Waals surface area contributed by atoms with Crippen LogP contribution in [0, 0.1) is 6.92 Å². The maximum Gasteiger partial charge on any atom is 0.241 e. The van der Waals surface area contributed by atoms with E-state index >= 15 is 0 Å². The smallest absolute Gasteiger partial charge is 0.241 e. The zero-order chi connectivity index (χ0) is 16.2. The van der Waals surface area contributed by atoms with E-state index < -0.39 is 15.9 Å². The number of amides is 1. The maximum absolute atomic E-state index is 12.1. The predicted molar refractivity (Wildman–Crippen MR) is 81.9 cm³/mol. The molecule has 0 unspecified atom stereocenters. The van der Waals surface area contributed by atoms with Gasteiger partial charge >= 0.3 is 0 Å². The Bertz CT molecular complexity index is 757. The molecule has 0 saturated heterocycles. The lowest BCUT2D eigenvalue weighted by Crippen LogP contribution is -2.36. The average molecular weight is 343 g/mol. The van der Waals surface area contributed by atoms with Crippen LogP contribution in [0.2, 0.25) is 5.02 Å². The summed E-state index contributed by atoms with van der Waals surface area (Å²) >= 11 is 5.86. The minimum absolute atomic E-state index is 0.0632. The highest BCUT2D eigenvalue weighted by Crippen LogP contribution is 2.19. The van der Waals surface area contributed by atoms with E-state index in [-0.39, 0.29) is 18.0 Å². The SMILES string of the molecule is Cc1cc(S(=O)(=O)NCC(=O)NCc2ccco2)ccc1Cl. The topological polar surface area (TPSA) is 88.4 Å². The molecular formula is C14H15ClN2O4S. The highest BCUT2D eigenvalue weighted by molar-refractivity contribution is 7.89. The van der Waals surface area contributed by atoms with Crippen LogP contribution in [-0.2, 0) is 21.4 Å². The van der Waals surface area contributed by atoms with Gasteiger partial charge in [0.15, 0.2) is 0 Å². The number of aryl methyl sites for hydroxylation is 1. The van der Waals surface area contributed by atoms with E-state index in [2.05, 4.69) is 10.0 Å². The Morgan fingerprint density at radius 2 is 2.09 bits per heavy atom. The lowest BCUT2D eigenvalue weighted by Gasteiger charge is -2.08. The molecule has 1 aromatic heterocycles. The summed E-state index contributed by atoms with van der Waals surface area (Å²) < 4.78 is 31.5. The zero-order valence-corrected chi connectivity index (χ0v) is 13.4. The minimum Gasteiger partial charge on any atom is -0.467 e. The van der Waals surface area contributed by atoms with Gasteiger partial charge in [0.25, 0.3) is 0 Å². The van der Waals surface area contributed by atoms with Crippen molar-refractivity contribution in [3.05, 3.63) is 52.9 Å². The van der Waals surface area contributed by atoms with Crippen molar-refractivity contribution >= 4 is 27.5 Å². The first kappa shape index (κ1) is 16.5. The van der Waals surface area contributed by atoms with E-state index in [1.54, 1.807) is 19.1 Å². The van der Waals surface area contributed by atoms with Gasteiger partial charge in [0.1, 0.15) is 5.76 Å². The van der Waals surface area contributed by atoms with E-state index in [0.717, 1.165) is 0 Å². The summed E-state index contributed by atoms with van der Waals surface area (Å²) in [6.07, 6.45) is 1.49. The second-order valence-electron chi connectivity index (χ2n) is 4.59. The Labute approximate surface area is 133 Å². The molecule has 1 amide bonds. The Morgan fingerprint density at radius 1 is 1.32 bits per heavy atom. The third kappa shape index (κ3) is 4.33. The molecule has 0 radical (unpaired) electrons. The summed E-state index contributed by atoms with van der Waals surface area (Å²) in [5.74, 6) is 0.134. The van der Waals surface area contributed by atoms with Crippen molar-refractivity contribution in [3.63, 3.8) is 0 Å². The fourth-order valence-electron chi connectivity index (χ4n) is 1.69. The van der Waals surface area contributed by atoms with Gasteiger partial charge in [0.2, 0.25) is 15.9 Å². The van der Waals surface area contributed by atoms with Crippen LogP contribution in [0.4, 0.5) is 0 Å². The summed E-state index contributed by atoms with van der Waals surface area (Å²) in [6.45, 7) is 1.55. The normalized spacial score (nSPS) is 11.4.